The predicted octanol–water partition coefficient (Wildman–Crippen LogP) is 0.155. The maximum Gasteiger partial charge on any atom is 0.419 e. The molecule has 1 radical (unpaired) electrons. The average molecular weight is 116 g/mol. The van der Waals surface area contributed by atoms with Crippen LogP contribution in [0, 0.1) is 0 Å². The monoisotopic (exact) mass is 116 g/mol. The first-order chi connectivity index (χ1) is 3.81. The molecule has 0 saturated carbocycles. The lowest BCUT2D eigenvalue weighted by atomic mass is 10.3. The lowest BCUT2D eigenvalue weighted by Gasteiger charge is -2.04. The van der Waals surface area contributed by atoms with Crippen LogP contribution in [0.3, 0.4) is 0 Å². The van der Waals surface area contributed by atoms with Gasteiger partial charge in [0.05, 0.1) is 0 Å². The molecule has 1 atom stereocenters. The normalized spacial score (nSPS) is 12.8. The number of rotatable bonds is 4. The molecule has 0 aliphatic carbocycles. The van der Waals surface area contributed by atoms with Gasteiger partial charge in [0.25, 0.3) is 0 Å². The van der Waals surface area contributed by atoms with Crippen molar-refractivity contribution in [2.75, 3.05) is 0 Å². The van der Waals surface area contributed by atoms with Gasteiger partial charge in [0.15, 0.2) is 6.23 Å². The van der Waals surface area contributed by atoms with Gasteiger partial charge in [-0.2, -0.15) is 0 Å². The third-order valence-electron chi connectivity index (χ3n) is 0.773. The van der Waals surface area contributed by atoms with E-state index in [2.05, 4.69) is 4.74 Å². The third-order valence-corrected chi connectivity index (χ3v) is 0.773. The van der Waals surface area contributed by atoms with Gasteiger partial charge in [-0.15, -0.1) is 0 Å². The highest BCUT2D eigenvalue weighted by molar-refractivity contribution is 5.38. The summed E-state index contributed by atoms with van der Waals surface area (Å²) in [6, 6.07) is 0. The van der Waals surface area contributed by atoms with Crippen molar-refractivity contribution in [2.45, 2.75) is 26.0 Å². The molecule has 0 heterocycles. The van der Waals surface area contributed by atoms with E-state index in [0.717, 1.165) is 6.42 Å². The smallest absolute Gasteiger partial charge is 0.419 e. The lowest BCUT2D eigenvalue weighted by molar-refractivity contribution is 0.173. The van der Waals surface area contributed by atoms with Crippen molar-refractivity contribution in [3.8, 4) is 0 Å². The Morgan fingerprint density at radius 3 is 2.88 bits per heavy atom. The molecule has 0 aliphatic heterocycles. The first kappa shape index (κ1) is 7.43. The maximum atomic E-state index is 9.46. The van der Waals surface area contributed by atoms with Crippen molar-refractivity contribution in [3.05, 3.63) is 0 Å². The summed E-state index contributed by atoms with van der Waals surface area (Å²) in [7, 11) is 0. The zero-order valence-electron chi connectivity index (χ0n) is 4.89. The molecule has 1 unspecified atom stereocenters. The summed E-state index contributed by atoms with van der Waals surface area (Å²) in [5.74, 6) is 0. The molecule has 0 aliphatic rings. The minimum absolute atomic E-state index is 0.461. The van der Waals surface area contributed by atoms with E-state index in [1.807, 2.05) is 6.92 Å². The summed E-state index contributed by atoms with van der Waals surface area (Å²) >= 11 is 0. The van der Waals surface area contributed by atoms with Gasteiger partial charge >= 0.3 is 6.47 Å². The minimum atomic E-state index is -0.461. The van der Waals surface area contributed by atoms with E-state index in [4.69, 9.17) is 5.73 Å². The van der Waals surface area contributed by atoms with Crippen LogP contribution >= 0.6 is 0 Å². The Labute approximate surface area is 48.8 Å². The van der Waals surface area contributed by atoms with E-state index >= 15 is 0 Å². The van der Waals surface area contributed by atoms with Crippen LogP contribution in [0.1, 0.15) is 19.8 Å². The first-order valence-electron chi connectivity index (χ1n) is 2.59. The summed E-state index contributed by atoms with van der Waals surface area (Å²) in [4.78, 5) is 9.46. The molecule has 8 heavy (non-hydrogen) atoms. The van der Waals surface area contributed by atoms with Crippen LogP contribution in [0.2, 0.25) is 0 Å². The highest BCUT2D eigenvalue weighted by Crippen LogP contribution is 1.91. The van der Waals surface area contributed by atoms with E-state index in [-0.39, 0.29) is 0 Å². The molecule has 0 aromatic heterocycles. The van der Waals surface area contributed by atoms with Crippen molar-refractivity contribution in [2.24, 2.45) is 5.73 Å². The SMILES string of the molecule is CCCC(N)O[C]=O. The molecule has 3 heteroatoms. The van der Waals surface area contributed by atoms with Gasteiger partial charge in [-0.25, -0.2) is 4.79 Å². The number of hydrogen-bond acceptors (Lipinski definition) is 3. The number of ether oxygens (including phenoxy) is 1. The van der Waals surface area contributed by atoms with Crippen LogP contribution in [0.25, 0.3) is 0 Å². The second kappa shape index (κ2) is 4.59. The number of nitrogens with two attached hydrogens (primary N) is 1. The molecular formula is C5H10NO2. The zero-order chi connectivity index (χ0) is 6.41. The van der Waals surface area contributed by atoms with Crippen molar-refractivity contribution in [3.63, 3.8) is 0 Å². The van der Waals surface area contributed by atoms with Crippen molar-refractivity contribution in [1.82, 2.24) is 0 Å². The highest BCUT2D eigenvalue weighted by atomic mass is 16.5. The molecular weight excluding hydrogens is 106 g/mol. The van der Waals surface area contributed by atoms with E-state index < -0.39 is 6.23 Å². The topological polar surface area (TPSA) is 52.3 Å². The summed E-state index contributed by atoms with van der Waals surface area (Å²) < 4.78 is 4.25. The molecule has 3 nitrogen and oxygen atoms in total. The molecule has 0 aromatic carbocycles. The maximum absolute atomic E-state index is 9.46. The van der Waals surface area contributed by atoms with E-state index in [1.165, 1.54) is 6.47 Å². The van der Waals surface area contributed by atoms with Crippen molar-refractivity contribution in [1.29, 1.82) is 0 Å². The van der Waals surface area contributed by atoms with Crippen molar-refractivity contribution < 1.29 is 9.53 Å². The Bertz CT molecular complexity index is 65.4. The van der Waals surface area contributed by atoms with Gasteiger partial charge in [0, 0.05) is 0 Å². The Morgan fingerprint density at radius 2 is 2.50 bits per heavy atom. The molecule has 0 aromatic rings. The molecule has 0 rings (SSSR count). The Morgan fingerprint density at radius 1 is 1.88 bits per heavy atom. The fourth-order valence-electron chi connectivity index (χ4n) is 0.405. The summed E-state index contributed by atoms with van der Waals surface area (Å²) in [5.41, 5.74) is 5.21. The van der Waals surface area contributed by atoms with E-state index in [9.17, 15) is 4.79 Å². The van der Waals surface area contributed by atoms with Gasteiger partial charge in [-0.1, -0.05) is 13.3 Å². The van der Waals surface area contributed by atoms with Crippen LogP contribution in [-0.4, -0.2) is 12.7 Å². The van der Waals surface area contributed by atoms with Crippen LogP contribution in [0.5, 0.6) is 0 Å². The Kier molecular flexibility index (Phi) is 4.26. The summed E-state index contributed by atoms with van der Waals surface area (Å²) in [6.45, 7) is 3.24. The highest BCUT2D eigenvalue weighted by Gasteiger charge is 1.97. The van der Waals surface area contributed by atoms with Gasteiger partial charge < -0.3 is 4.74 Å². The lowest BCUT2D eigenvalue weighted by Crippen LogP contribution is -2.22. The average Bonchev–Trinajstić information content (AvgIpc) is 1.68. The summed E-state index contributed by atoms with van der Waals surface area (Å²) in [6.07, 6.45) is 1.16. The van der Waals surface area contributed by atoms with Crippen molar-refractivity contribution >= 4 is 6.47 Å². The largest absolute Gasteiger partial charge is 0.438 e. The van der Waals surface area contributed by atoms with Gasteiger partial charge in [0.2, 0.25) is 0 Å². The number of carbonyl (C=O) groups excluding carboxylic acids is 1. The van der Waals surface area contributed by atoms with E-state index in [0.29, 0.717) is 6.42 Å². The molecule has 0 spiro atoms. The molecule has 47 valence electrons. The van der Waals surface area contributed by atoms with Crippen LogP contribution in [-0.2, 0) is 9.53 Å². The Hall–Kier alpha value is -0.570. The molecule has 0 amide bonds. The van der Waals surface area contributed by atoms with Gasteiger partial charge in [0.1, 0.15) is 0 Å². The zero-order valence-corrected chi connectivity index (χ0v) is 4.89. The molecule has 0 fully saturated rings. The minimum Gasteiger partial charge on any atom is -0.438 e. The molecule has 2 N–H and O–H groups in total. The fourth-order valence-corrected chi connectivity index (χ4v) is 0.405. The predicted molar refractivity (Wildman–Crippen MR) is 29.7 cm³/mol. The second-order valence-electron chi connectivity index (χ2n) is 1.53. The van der Waals surface area contributed by atoms with Crippen LogP contribution in [0.15, 0.2) is 0 Å². The third kappa shape index (κ3) is 3.61. The first-order valence-corrected chi connectivity index (χ1v) is 2.59. The number of hydrogen-bond donors (Lipinski definition) is 1. The standard InChI is InChI=1S/C5H10NO2/c1-2-3-5(6)8-4-7/h5H,2-3,6H2,1H3. The van der Waals surface area contributed by atoms with E-state index in [1.54, 1.807) is 0 Å². The van der Waals surface area contributed by atoms with Crippen LogP contribution < -0.4 is 5.73 Å². The second-order valence-corrected chi connectivity index (χ2v) is 1.53. The molecule has 0 saturated heterocycles. The quantitative estimate of drug-likeness (QED) is 0.532. The Balaban J connectivity index is 3.03. The molecule has 0 bridgehead atoms. The van der Waals surface area contributed by atoms with Crippen LogP contribution in [0.4, 0.5) is 0 Å². The van der Waals surface area contributed by atoms with Gasteiger partial charge in [-0.05, 0) is 6.42 Å². The summed E-state index contributed by atoms with van der Waals surface area (Å²) in [5, 5.41) is 0. The fraction of sp³-hybridized carbons (Fsp3) is 0.800. The van der Waals surface area contributed by atoms with Gasteiger partial charge in [-0.3, -0.25) is 5.73 Å².